The van der Waals surface area contributed by atoms with E-state index in [9.17, 15) is 14.8 Å². The number of halogens is 1. The Morgan fingerprint density at radius 3 is 2.19 bits per heavy atom. The Kier molecular flexibility index (Phi) is 5.95. The van der Waals surface area contributed by atoms with Crippen LogP contribution in [0.2, 0.25) is 5.15 Å². The van der Waals surface area contributed by atoms with Crippen LogP contribution in [-0.2, 0) is 11.1 Å². The van der Waals surface area contributed by atoms with Crippen LogP contribution < -0.4 is 10.6 Å². The van der Waals surface area contributed by atoms with Crippen molar-refractivity contribution in [3.8, 4) is 0 Å². The Morgan fingerprint density at radius 1 is 1.03 bits per heavy atom. The Morgan fingerprint density at radius 2 is 1.61 bits per heavy atom. The number of hydrogen-bond acceptors (Lipinski definition) is 6. The van der Waals surface area contributed by atoms with E-state index in [0.717, 1.165) is 0 Å². The second-order valence-electron chi connectivity index (χ2n) is 7.68. The maximum atomic E-state index is 14.3. The second kappa shape index (κ2) is 8.52. The van der Waals surface area contributed by atoms with Gasteiger partial charge in [0.1, 0.15) is 25.1 Å². The van der Waals surface area contributed by atoms with Gasteiger partial charge in [0.15, 0.2) is 10.8 Å². The third-order valence-corrected chi connectivity index (χ3v) is 8.96. The van der Waals surface area contributed by atoms with Gasteiger partial charge in [-0.1, -0.05) is 72.3 Å². The van der Waals surface area contributed by atoms with Crippen LogP contribution in [0.3, 0.4) is 0 Å². The molecule has 0 saturated heterocycles. The summed E-state index contributed by atoms with van der Waals surface area (Å²) in [5.74, 6) is 0. The van der Waals surface area contributed by atoms with E-state index in [1.54, 1.807) is 28.8 Å². The standard InChI is InChI=1S/C22H22ClN4O3P/c1-22(29,18(28)12-27-15-26-19-20(23)24-14-25-21(19)27)13-31(30,16-8-4-2-5-9-16)17-10-6-3-7-11-17/h2-11,14-15,18,28-29H,12-13H2,1H3/t18-,22-/m0/s1. The molecule has 9 heteroatoms. The van der Waals surface area contributed by atoms with Gasteiger partial charge in [-0.2, -0.15) is 0 Å². The van der Waals surface area contributed by atoms with Crippen molar-refractivity contribution in [1.82, 2.24) is 19.5 Å². The van der Waals surface area contributed by atoms with Gasteiger partial charge in [0.2, 0.25) is 0 Å². The van der Waals surface area contributed by atoms with E-state index in [1.807, 2.05) is 36.4 Å². The summed E-state index contributed by atoms with van der Waals surface area (Å²) < 4.78 is 15.9. The molecule has 4 aromatic rings. The Balaban J connectivity index is 1.66. The van der Waals surface area contributed by atoms with Crippen LogP contribution in [0.5, 0.6) is 0 Å². The van der Waals surface area contributed by atoms with Gasteiger partial charge in [0, 0.05) is 16.8 Å². The Labute approximate surface area is 184 Å². The van der Waals surface area contributed by atoms with Crippen molar-refractivity contribution in [1.29, 1.82) is 0 Å². The van der Waals surface area contributed by atoms with Crippen LogP contribution in [0.4, 0.5) is 0 Å². The summed E-state index contributed by atoms with van der Waals surface area (Å²) in [4.78, 5) is 12.2. The van der Waals surface area contributed by atoms with E-state index in [2.05, 4.69) is 15.0 Å². The summed E-state index contributed by atoms with van der Waals surface area (Å²) in [5.41, 5.74) is -0.798. The minimum atomic E-state index is -3.23. The van der Waals surface area contributed by atoms with Crippen LogP contribution in [-0.4, -0.2) is 47.6 Å². The van der Waals surface area contributed by atoms with Crippen molar-refractivity contribution in [2.45, 2.75) is 25.2 Å². The average molecular weight is 457 g/mol. The lowest BCUT2D eigenvalue weighted by atomic mass is 10.0. The molecule has 0 fully saturated rings. The molecule has 0 aliphatic carbocycles. The van der Waals surface area contributed by atoms with E-state index < -0.39 is 18.8 Å². The number of aromatic nitrogens is 4. The number of nitrogens with zero attached hydrogens (tertiary/aromatic N) is 4. The maximum absolute atomic E-state index is 14.3. The predicted octanol–water partition coefficient (Wildman–Crippen LogP) is 2.61. The highest BCUT2D eigenvalue weighted by molar-refractivity contribution is 7.78. The van der Waals surface area contributed by atoms with Crippen LogP contribution in [0.25, 0.3) is 11.2 Å². The zero-order chi connectivity index (χ0) is 22.1. The zero-order valence-corrected chi connectivity index (χ0v) is 18.5. The number of aliphatic hydroxyl groups excluding tert-OH is 1. The molecule has 0 aliphatic rings. The van der Waals surface area contributed by atoms with Crippen molar-refractivity contribution in [3.05, 3.63) is 78.5 Å². The number of rotatable bonds is 7. The third kappa shape index (κ3) is 4.27. The van der Waals surface area contributed by atoms with E-state index in [-0.39, 0.29) is 17.9 Å². The molecule has 0 bridgehead atoms. The highest BCUT2D eigenvalue weighted by Crippen LogP contribution is 2.46. The van der Waals surface area contributed by atoms with Crippen molar-refractivity contribution >= 4 is 40.5 Å². The van der Waals surface area contributed by atoms with Gasteiger partial charge in [0.25, 0.3) is 0 Å². The molecule has 0 radical (unpaired) electrons. The molecule has 4 rings (SSSR count). The highest BCUT2D eigenvalue weighted by atomic mass is 35.5. The largest absolute Gasteiger partial charge is 0.388 e. The first-order valence-electron chi connectivity index (χ1n) is 9.73. The molecule has 31 heavy (non-hydrogen) atoms. The molecule has 160 valence electrons. The van der Waals surface area contributed by atoms with E-state index >= 15 is 0 Å². The summed E-state index contributed by atoms with van der Waals surface area (Å²) in [6.45, 7) is 1.50. The average Bonchev–Trinajstić information content (AvgIpc) is 3.19. The molecule has 0 unspecified atom stereocenters. The molecule has 0 amide bonds. The number of aliphatic hydroxyl groups is 2. The second-order valence-corrected chi connectivity index (χ2v) is 10.9. The minimum Gasteiger partial charge on any atom is -0.388 e. The summed E-state index contributed by atoms with van der Waals surface area (Å²) in [5, 5.41) is 23.7. The minimum absolute atomic E-state index is 0.000418. The summed E-state index contributed by atoms with van der Waals surface area (Å²) in [6.07, 6.45) is 1.43. The zero-order valence-electron chi connectivity index (χ0n) is 16.8. The van der Waals surface area contributed by atoms with Crippen LogP contribution >= 0.6 is 18.7 Å². The number of imidazole rings is 1. The van der Waals surface area contributed by atoms with Crippen molar-refractivity contribution in [2.24, 2.45) is 0 Å². The number of hydrogen-bond donors (Lipinski definition) is 2. The fraction of sp³-hybridized carbons (Fsp3) is 0.227. The molecule has 2 aromatic heterocycles. The number of fused-ring (bicyclic) bond motifs is 1. The first-order valence-corrected chi connectivity index (χ1v) is 12.0. The van der Waals surface area contributed by atoms with Crippen LogP contribution in [0, 0.1) is 0 Å². The van der Waals surface area contributed by atoms with Gasteiger partial charge in [-0.25, -0.2) is 15.0 Å². The first-order chi connectivity index (χ1) is 14.8. The van der Waals surface area contributed by atoms with Crippen LogP contribution in [0.1, 0.15) is 6.92 Å². The van der Waals surface area contributed by atoms with E-state index in [4.69, 9.17) is 11.6 Å². The summed E-state index contributed by atoms with van der Waals surface area (Å²) in [7, 11) is -3.23. The van der Waals surface area contributed by atoms with Crippen molar-refractivity contribution in [2.75, 3.05) is 6.16 Å². The monoisotopic (exact) mass is 456 g/mol. The molecule has 2 aromatic carbocycles. The van der Waals surface area contributed by atoms with Gasteiger partial charge in [-0.05, 0) is 6.92 Å². The summed E-state index contributed by atoms with van der Waals surface area (Å²) >= 11 is 6.04. The molecule has 7 nitrogen and oxygen atoms in total. The molecular weight excluding hydrogens is 435 g/mol. The molecule has 0 aliphatic heterocycles. The smallest absolute Gasteiger partial charge is 0.164 e. The molecule has 2 N–H and O–H groups in total. The lowest BCUT2D eigenvalue weighted by Crippen LogP contribution is -2.46. The van der Waals surface area contributed by atoms with Crippen molar-refractivity contribution in [3.63, 3.8) is 0 Å². The van der Waals surface area contributed by atoms with Gasteiger partial charge in [-0.3, -0.25) is 0 Å². The highest BCUT2D eigenvalue weighted by Gasteiger charge is 2.40. The fourth-order valence-electron chi connectivity index (χ4n) is 3.59. The molecule has 2 atom stereocenters. The molecule has 0 saturated carbocycles. The third-order valence-electron chi connectivity index (χ3n) is 5.33. The maximum Gasteiger partial charge on any atom is 0.164 e. The quantitative estimate of drug-likeness (QED) is 0.327. The van der Waals surface area contributed by atoms with Crippen molar-refractivity contribution < 1.29 is 14.8 Å². The van der Waals surface area contributed by atoms with Gasteiger partial charge in [-0.15, -0.1) is 0 Å². The Bertz CT molecular complexity index is 1190. The van der Waals surface area contributed by atoms with Gasteiger partial charge < -0.3 is 19.3 Å². The first kappa shape index (κ1) is 21.7. The Hall–Kier alpha value is -2.57. The summed E-state index contributed by atoms with van der Waals surface area (Å²) in [6, 6.07) is 18.1. The topological polar surface area (TPSA) is 101 Å². The van der Waals surface area contributed by atoms with Gasteiger partial charge >= 0.3 is 0 Å². The molecule has 2 heterocycles. The predicted molar refractivity (Wildman–Crippen MR) is 122 cm³/mol. The molecular formula is C22H22ClN4O3P. The van der Waals surface area contributed by atoms with Gasteiger partial charge in [0.05, 0.1) is 18.5 Å². The normalized spacial score (nSPS) is 15.0. The van der Waals surface area contributed by atoms with E-state index in [0.29, 0.717) is 21.8 Å². The lowest BCUT2D eigenvalue weighted by Gasteiger charge is -2.33. The van der Waals surface area contributed by atoms with E-state index in [1.165, 1.54) is 19.6 Å². The lowest BCUT2D eigenvalue weighted by molar-refractivity contribution is -0.0523. The number of benzene rings is 2. The van der Waals surface area contributed by atoms with Crippen LogP contribution in [0.15, 0.2) is 73.3 Å². The molecule has 0 spiro atoms. The fourth-order valence-corrected chi connectivity index (χ4v) is 6.85. The SMILES string of the molecule is C[C@](O)(CP(=O)(c1ccccc1)c1ccccc1)[C@@H](O)Cn1cnc2c(Cl)ncnc21.